The van der Waals surface area contributed by atoms with Crippen molar-refractivity contribution in [3.8, 4) is 0 Å². The van der Waals surface area contributed by atoms with Crippen LogP contribution in [0.2, 0.25) is 0 Å². The largest absolute Gasteiger partial charge is 0.325 e. The Morgan fingerprint density at radius 1 is 1.38 bits per heavy atom. The van der Waals surface area contributed by atoms with E-state index >= 15 is 0 Å². The average Bonchev–Trinajstić information content (AvgIpc) is 2.25. The molecule has 0 amide bonds. The Hall–Kier alpha value is -0.830. The van der Waals surface area contributed by atoms with Crippen LogP contribution in [0.5, 0.6) is 0 Å². The van der Waals surface area contributed by atoms with Gasteiger partial charge in [-0.2, -0.15) is 5.10 Å². The molecule has 0 fully saturated rings. The maximum atomic E-state index is 5.65. The summed E-state index contributed by atoms with van der Waals surface area (Å²) in [6.07, 6.45) is 0. The second-order valence-electron chi connectivity index (χ2n) is 4.50. The molecule has 0 atom stereocenters. The zero-order valence-corrected chi connectivity index (χ0v) is 9.18. The smallest absolute Gasteiger partial charge is 0.0710 e. The van der Waals surface area contributed by atoms with Crippen LogP contribution < -0.4 is 5.73 Å². The fourth-order valence-corrected chi connectivity index (χ4v) is 1.66. The summed E-state index contributed by atoms with van der Waals surface area (Å²) in [4.78, 5) is 0. The van der Waals surface area contributed by atoms with Gasteiger partial charge in [0, 0.05) is 19.0 Å². The van der Waals surface area contributed by atoms with Gasteiger partial charge in [0.25, 0.3) is 0 Å². The van der Waals surface area contributed by atoms with Gasteiger partial charge in [-0.1, -0.05) is 20.8 Å². The molecule has 0 radical (unpaired) electrons. The maximum Gasteiger partial charge on any atom is 0.0710 e. The minimum atomic E-state index is 0.106. The Balaban J connectivity index is 3.26. The number of rotatable bonds is 1. The van der Waals surface area contributed by atoms with Crippen LogP contribution in [0.3, 0.4) is 0 Å². The summed E-state index contributed by atoms with van der Waals surface area (Å²) in [6, 6.07) is 0. The van der Waals surface area contributed by atoms with Crippen molar-refractivity contribution in [1.29, 1.82) is 0 Å². The Kier molecular flexibility index (Phi) is 2.48. The lowest BCUT2D eigenvalue weighted by molar-refractivity contribution is 0.549. The number of aromatic nitrogens is 2. The fraction of sp³-hybridized carbons (Fsp3) is 0.700. The van der Waals surface area contributed by atoms with Gasteiger partial charge < -0.3 is 5.73 Å². The Labute approximate surface area is 79.9 Å². The van der Waals surface area contributed by atoms with Crippen molar-refractivity contribution >= 4 is 0 Å². The lowest BCUT2D eigenvalue weighted by atomic mass is 9.89. The van der Waals surface area contributed by atoms with Gasteiger partial charge in [-0.3, -0.25) is 4.68 Å². The van der Waals surface area contributed by atoms with E-state index in [4.69, 9.17) is 5.73 Å². The van der Waals surface area contributed by atoms with Gasteiger partial charge in [0.1, 0.15) is 0 Å². The summed E-state index contributed by atoms with van der Waals surface area (Å²) >= 11 is 0. The fourth-order valence-electron chi connectivity index (χ4n) is 1.66. The Morgan fingerprint density at radius 3 is 2.15 bits per heavy atom. The first-order chi connectivity index (χ1) is 5.88. The van der Waals surface area contributed by atoms with Crippen LogP contribution in [0, 0.1) is 6.92 Å². The molecule has 0 bridgehead atoms. The highest BCUT2D eigenvalue weighted by Crippen LogP contribution is 2.25. The van der Waals surface area contributed by atoms with Crippen molar-refractivity contribution in [2.24, 2.45) is 12.8 Å². The first kappa shape index (κ1) is 10.3. The summed E-state index contributed by atoms with van der Waals surface area (Å²) < 4.78 is 1.88. The van der Waals surface area contributed by atoms with E-state index in [-0.39, 0.29) is 5.41 Å². The number of nitrogens with two attached hydrogens (primary N) is 1. The van der Waals surface area contributed by atoms with Crippen molar-refractivity contribution in [1.82, 2.24) is 9.78 Å². The van der Waals surface area contributed by atoms with Crippen LogP contribution in [0.4, 0.5) is 0 Å². The molecule has 0 aliphatic heterocycles. The van der Waals surface area contributed by atoms with Gasteiger partial charge in [0.05, 0.1) is 11.4 Å². The molecule has 3 heteroatoms. The van der Waals surface area contributed by atoms with E-state index in [0.717, 1.165) is 11.4 Å². The molecule has 1 heterocycles. The number of aryl methyl sites for hydroxylation is 1. The van der Waals surface area contributed by atoms with Crippen LogP contribution in [0.1, 0.15) is 37.7 Å². The number of hydrogen-bond donors (Lipinski definition) is 1. The zero-order chi connectivity index (χ0) is 10.2. The lowest BCUT2D eigenvalue weighted by Gasteiger charge is -2.16. The topological polar surface area (TPSA) is 43.8 Å². The molecule has 0 unspecified atom stereocenters. The summed E-state index contributed by atoms with van der Waals surface area (Å²) in [7, 11) is 1.95. The van der Waals surface area contributed by atoms with Crippen molar-refractivity contribution < 1.29 is 0 Å². The van der Waals surface area contributed by atoms with Gasteiger partial charge in [-0.15, -0.1) is 0 Å². The summed E-state index contributed by atoms with van der Waals surface area (Å²) in [5.74, 6) is 0. The molecule has 0 aliphatic rings. The highest BCUT2D eigenvalue weighted by molar-refractivity contribution is 5.29. The van der Waals surface area contributed by atoms with Crippen molar-refractivity contribution in [3.63, 3.8) is 0 Å². The second kappa shape index (κ2) is 3.14. The van der Waals surface area contributed by atoms with E-state index in [1.807, 2.05) is 11.7 Å². The van der Waals surface area contributed by atoms with E-state index in [0.29, 0.717) is 6.54 Å². The van der Waals surface area contributed by atoms with E-state index in [1.165, 1.54) is 5.56 Å². The van der Waals surface area contributed by atoms with Crippen molar-refractivity contribution in [2.45, 2.75) is 39.7 Å². The molecular formula is C10H19N3. The highest BCUT2D eigenvalue weighted by Gasteiger charge is 2.22. The van der Waals surface area contributed by atoms with Gasteiger partial charge in [0.15, 0.2) is 0 Å². The first-order valence-electron chi connectivity index (χ1n) is 4.61. The van der Waals surface area contributed by atoms with Crippen LogP contribution >= 0.6 is 0 Å². The third kappa shape index (κ3) is 1.75. The molecule has 0 saturated carbocycles. The normalized spacial score (nSPS) is 12.2. The maximum absolute atomic E-state index is 5.65. The molecule has 0 saturated heterocycles. The summed E-state index contributed by atoms with van der Waals surface area (Å²) in [5.41, 5.74) is 9.27. The molecule has 1 aromatic rings. The first-order valence-corrected chi connectivity index (χ1v) is 4.61. The predicted molar refractivity (Wildman–Crippen MR) is 54.5 cm³/mol. The van der Waals surface area contributed by atoms with E-state index in [2.05, 4.69) is 32.8 Å². The predicted octanol–water partition coefficient (Wildman–Crippen LogP) is 1.48. The standard InChI is InChI=1S/C10H19N3/c1-7-8(6-11)13(5)12-9(7)10(2,3)4/h6,11H2,1-5H3. The van der Waals surface area contributed by atoms with Crippen molar-refractivity contribution in [3.05, 3.63) is 17.0 Å². The van der Waals surface area contributed by atoms with E-state index in [1.54, 1.807) is 0 Å². The number of nitrogens with zero attached hydrogens (tertiary/aromatic N) is 2. The molecule has 74 valence electrons. The molecule has 0 aromatic carbocycles. The lowest BCUT2D eigenvalue weighted by Crippen LogP contribution is -2.13. The molecular weight excluding hydrogens is 162 g/mol. The van der Waals surface area contributed by atoms with Gasteiger partial charge >= 0.3 is 0 Å². The van der Waals surface area contributed by atoms with Crippen LogP contribution in [-0.4, -0.2) is 9.78 Å². The van der Waals surface area contributed by atoms with Crippen LogP contribution in [-0.2, 0) is 19.0 Å². The highest BCUT2D eigenvalue weighted by atomic mass is 15.3. The third-order valence-corrected chi connectivity index (χ3v) is 2.33. The quantitative estimate of drug-likeness (QED) is 0.713. The van der Waals surface area contributed by atoms with Crippen LogP contribution in [0.25, 0.3) is 0 Å². The SMILES string of the molecule is Cc1c(C(C)(C)C)nn(C)c1CN. The van der Waals surface area contributed by atoms with E-state index in [9.17, 15) is 0 Å². The minimum absolute atomic E-state index is 0.106. The molecule has 1 rings (SSSR count). The molecule has 1 aromatic heterocycles. The summed E-state index contributed by atoms with van der Waals surface area (Å²) in [5, 5.41) is 4.49. The zero-order valence-electron chi connectivity index (χ0n) is 9.18. The van der Waals surface area contributed by atoms with E-state index < -0.39 is 0 Å². The molecule has 0 spiro atoms. The Morgan fingerprint density at radius 2 is 1.92 bits per heavy atom. The molecule has 3 nitrogen and oxygen atoms in total. The number of hydrogen-bond acceptors (Lipinski definition) is 2. The Bertz CT molecular complexity index is 305. The monoisotopic (exact) mass is 181 g/mol. The van der Waals surface area contributed by atoms with Gasteiger partial charge in [-0.25, -0.2) is 0 Å². The second-order valence-corrected chi connectivity index (χ2v) is 4.50. The summed E-state index contributed by atoms with van der Waals surface area (Å²) in [6.45, 7) is 9.16. The minimum Gasteiger partial charge on any atom is -0.325 e. The third-order valence-electron chi connectivity index (χ3n) is 2.33. The van der Waals surface area contributed by atoms with Crippen LogP contribution in [0.15, 0.2) is 0 Å². The van der Waals surface area contributed by atoms with Gasteiger partial charge in [0.2, 0.25) is 0 Å². The van der Waals surface area contributed by atoms with Crippen molar-refractivity contribution in [2.75, 3.05) is 0 Å². The average molecular weight is 181 g/mol. The molecule has 0 aliphatic carbocycles. The molecule has 2 N–H and O–H groups in total. The molecule has 13 heavy (non-hydrogen) atoms. The van der Waals surface area contributed by atoms with Gasteiger partial charge in [-0.05, 0) is 12.5 Å².